The van der Waals surface area contributed by atoms with Crippen molar-refractivity contribution in [1.82, 2.24) is 19.9 Å². The van der Waals surface area contributed by atoms with Crippen LogP contribution in [0.2, 0.25) is 0 Å². The van der Waals surface area contributed by atoms with Crippen LogP contribution in [0, 0.1) is 0 Å². The lowest BCUT2D eigenvalue weighted by atomic mass is 10.00. The van der Waals surface area contributed by atoms with Crippen molar-refractivity contribution in [2.75, 3.05) is 25.5 Å². The standard InChI is InChI=1S/C23H25BClN5O2/c1-32-20-10-5-3-8-16(20)23(31)27-12-6-11-26-21-13-19(15-7-2-4-9-18(15)25)29-22-17(24)14-28-30(21)22/h2,5,7,10,13-14,26H,3-4,6,8-9,11-12H2,1H3,(H,27,31). The molecule has 0 fully saturated rings. The molecule has 2 radical (unpaired) electrons. The number of carbonyl (C=O) groups excluding carboxylic acids is 1. The summed E-state index contributed by atoms with van der Waals surface area (Å²) in [5.41, 5.74) is 3.44. The minimum atomic E-state index is -0.0784. The van der Waals surface area contributed by atoms with Crippen LogP contribution in [0.1, 0.15) is 37.8 Å². The summed E-state index contributed by atoms with van der Waals surface area (Å²) in [4.78, 5) is 17.1. The Morgan fingerprint density at radius 2 is 2.06 bits per heavy atom. The molecule has 0 spiro atoms. The molecule has 2 aliphatic rings. The molecule has 2 N–H and O–H groups in total. The summed E-state index contributed by atoms with van der Waals surface area (Å²) in [7, 11) is 7.66. The summed E-state index contributed by atoms with van der Waals surface area (Å²) >= 11 is 6.45. The highest BCUT2D eigenvalue weighted by molar-refractivity contribution is 6.36. The number of ether oxygens (including phenoxy) is 1. The Balaban J connectivity index is 1.41. The van der Waals surface area contributed by atoms with E-state index in [0.29, 0.717) is 42.0 Å². The van der Waals surface area contributed by atoms with Crippen LogP contribution in [0.25, 0.3) is 11.2 Å². The van der Waals surface area contributed by atoms with Crippen LogP contribution in [0.3, 0.4) is 0 Å². The lowest BCUT2D eigenvalue weighted by molar-refractivity contribution is -0.117. The molecule has 0 aromatic carbocycles. The smallest absolute Gasteiger partial charge is 0.250 e. The van der Waals surface area contributed by atoms with Crippen molar-refractivity contribution < 1.29 is 9.53 Å². The van der Waals surface area contributed by atoms with Crippen molar-refractivity contribution in [3.63, 3.8) is 0 Å². The number of anilines is 1. The zero-order chi connectivity index (χ0) is 22.5. The van der Waals surface area contributed by atoms with E-state index >= 15 is 0 Å². The Kier molecular flexibility index (Phi) is 7.00. The molecule has 32 heavy (non-hydrogen) atoms. The van der Waals surface area contributed by atoms with E-state index in [4.69, 9.17) is 24.2 Å². The highest BCUT2D eigenvalue weighted by Crippen LogP contribution is 2.30. The van der Waals surface area contributed by atoms with Gasteiger partial charge in [0.05, 0.1) is 18.4 Å². The molecule has 2 heterocycles. The van der Waals surface area contributed by atoms with Crippen molar-refractivity contribution in [3.8, 4) is 0 Å². The minimum absolute atomic E-state index is 0.0784. The summed E-state index contributed by atoms with van der Waals surface area (Å²) in [6, 6.07) is 1.93. The predicted octanol–water partition coefficient (Wildman–Crippen LogP) is 2.99. The second kappa shape index (κ2) is 10.1. The molecule has 0 bridgehead atoms. The van der Waals surface area contributed by atoms with Crippen LogP contribution in [0.4, 0.5) is 5.82 Å². The molecule has 2 aromatic rings. The van der Waals surface area contributed by atoms with Crippen molar-refractivity contribution in [2.24, 2.45) is 0 Å². The maximum atomic E-state index is 12.5. The fourth-order valence-electron chi connectivity index (χ4n) is 3.78. The number of hydrogen-bond acceptors (Lipinski definition) is 5. The molecule has 2 aromatic heterocycles. The number of carbonyl (C=O) groups is 1. The van der Waals surface area contributed by atoms with Crippen LogP contribution in [-0.4, -0.2) is 48.6 Å². The fraction of sp³-hybridized carbons (Fsp3) is 0.348. The van der Waals surface area contributed by atoms with Gasteiger partial charge in [-0.25, -0.2) is 4.98 Å². The molecule has 2 aliphatic carbocycles. The van der Waals surface area contributed by atoms with E-state index in [1.165, 1.54) is 0 Å². The van der Waals surface area contributed by atoms with Gasteiger partial charge in [-0.1, -0.05) is 29.8 Å². The lowest BCUT2D eigenvalue weighted by Gasteiger charge is -2.15. The van der Waals surface area contributed by atoms with Crippen molar-refractivity contribution in [3.05, 3.63) is 58.6 Å². The average Bonchev–Trinajstić information content (AvgIpc) is 3.19. The minimum Gasteiger partial charge on any atom is -0.496 e. The number of aromatic nitrogens is 3. The van der Waals surface area contributed by atoms with Crippen molar-refractivity contribution >= 4 is 47.9 Å². The van der Waals surface area contributed by atoms with Gasteiger partial charge in [0.15, 0.2) is 5.65 Å². The maximum absolute atomic E-state index is 12.5. The van der Waals surface area contributed by atoms with Gasteiger partial charge in [0.25, 0.3) is 5.91 Å². The summed E-state index contributed by atoms with van der Waals surface area (Å²) in [6.07, 6.45) is 13.5. The van der Waals surface area contributed by atoms with Crippen molar-refractivity contribution in [2.45, 2.75) is 32.1 Å². The quantitative estimate of drug-likeness (QED) is 0.478. The zero-order valence-corrected chi connectivity index (χ0v) is 18.8. The first-order valence-electron chi connectivity index (χ1n) is 10.7. The van der Waals surface area contributed by atoms with Crippen LogP contribution in [0.5, 0.6) is 0 Å². The average molecular weight is 450 g/mol. The number of rotatable bonds is 8. The summed E-state index contributed by atoms with van der Waals surface area (Å²) in [6.45, 7) is 1.18. The van der Waals surface area contributed by atoms with Gasteiger partial charge >= 0.3 is 0 Å². The first-order valence-corrected chi connectivity index (χ1v) is 11.1. The predicted molar refractivity (Wildman–Crippen MR) is 128 cm³/mol. The van der Waals surface area contributed by atoms with Crippen LogP contribution < -0.4 is 16.1 Å². The van der Waals surface area contributed by atoms with Gasteiger partial charge < -0.3 is 15.4 Å². The Labute approximate surface area is 193 Å². The largest absolute Gasteiger partial charge is 0.496 e. The first kappa shape index (κ1) is 22.2. The van der Waals surface area contributed by atoms with E-state index in [1.807, 2.05) is 24.3 Å². The number of nitrogens with zero attached hydrogens (tertiary/aromatic N) is 3. The molecular weight excluding hydrogens is 425 g/mol. The Morgan fingerprint density at radius 3 is 2.88 bits per heavy atom. The molecule has 7 nitrogen and oxygen atoms in total. The van der Waals surface area contributed by atoms with E-state index < -0.39 is 0 Å². The van der Waals surface area contributed by atoms with E-state index in [9.17, 15) is 4.79 Å². The molecule has 0 aliphatic heterocycles. The summed E-state index contributed by atoms with van der Waals surface area (Å²) in [5, 5.41) is 11.5. The number of allylic oxidation sites excluding steroid dienone is 6. The maximum Gasteiger partial charge on any atom is 0.250 e. The van der Waals surface area contributed by atoms with Gasteiger partial charge in [0.2, 0.25) is 0 Å². The van der Waals surface area contributed by atoms with E-state index in [2.05, 4.69) is 26.8 Å². The molecule has 0 atom stereocenters. The fourth-order valence-corrected chi connectivity index (χ4v) is 4.05. The highest BCUT2D eigenvalue weighted by Gasteiger charge is 2.17. The van der Waals surface area contributed by atoms with Gasteiger partial charge in [-0.2, -0.15) is 9.61 Å². The van der Waals surface area contributed by atoms with E-state index in [-0.39, 0.29) is 5.91 Å². The van der Waals surface area contributed by atoms with Crippen LogP contribution in [0.15, 0.2) is 52.9 Å². The lowest BCUT2D eigenvalue weighted by Crippen LogP contribution is -2.28. The summed E-state index contributed by atoms with van der Waals surface area (Å²) in [5.74, 6) is 1.33. The SMILES string of the molecule is [B]c1cnn2c(NCCCNC(=O)C3=C(OC)C=CCC3)cc(C3=C(Cl)CCC=C3)nc12. The number of nitrogens with one attached hydrogen (secondary N) is 2. The van der Waals surface area contributed by atoms with Crippen LogP contribution >= 0.6 is 11.6 Å². The first-order chi connectivity index (χ1) is 15.6. The van der Waals surface area contributed by atoms with Crippen LogP contribution in [-0.2, 0) is 9.53 Å². The van der Waals surface area contributed by atoms with E-state index in [1.54, 1.807) is 17.8 Å². The Bertz CT molecular complexity index is 1150. The second-order valence-electron chi connectivity index (χ2n) is 7.65. The second-order valence-corrected chi connectivity index (χ2v) is 8.10. The van der Waals surface area contributed by atoms with Gasteiger partial charge in [-0.15, -0.1) is 0 Å². The monoisotopic (exact) mass is 449 g/mol. The van der Waals surface area contributed by atoms with Gasteiger partial charge in [0.1, 0.15) is 19.4 Å². The molecule has 164 valence electrons. The third kappa shape index (κ3) is 4.75. The molecule has 0 saturated heterocycles. The van der Waals surface area contributed by atoms with Gasteiger partial charge in [-0.3, -0.25) is 4.79 Å². The third-order valence-electron chi connectivity index (χ3n) is 5.45. The Morgan fingerprint density at radius 1 is 1.25 bits per heavy atom. The van der Waals surface area contributed by atoms with Gasteiger partial charge in [-0.05, 0) is 43.6 Å². The van der Waals surface area contributed by atoms with Crippen molar-refractivity contribution in [1.29, 1.82) is 0 Å². The zero-order valence-electron chi connectivity index (χ0n) is 18.0. The highest BCUT2D eigenvalue weighted by atomic mass is 35.5. The molecule has 1 amide bonds. The number of methoxy groups -OCH3 is 1. The summed E-state index contributed by atoms with van der Waals surface area (Å²) < 4.78 is 6.98. The van der Waals surface area contributed by atoms with E-state index in [0.717, 1.165) is 47.8 Å². The molecule has 0 unspecified atom stereocenters. The number of hydrogen-bond donors (Lipinski definition) is 2. The number of amides is 1. The normalized spacial score (nSPS) is 16.1. The number of fused-ring (bicyclic) bond motifs is 1. The third-order valence-corrected chi connectivity index (χ3v) is 5.84. The Hall–Kier alpha value is -3.00. The van der Waals surface area contributed by atoms with Gasteiger partial charge in [0, 0.05) is 36.0 Å². The number of halogens is 1. The molecular formula is C23H25BClN5O2. The molecule has 9 heteroatoms. The topological polar surface area (TPSA) is 80.5 Å². The molecule has 4 rings (SSSR count). The molecule has 0 saturated carbocycles.